The number of amides is 1. The molecule has 0 aliphatic rings. The van der Waals surface area contributed by atoms with E-state index in [4.69, 9.17) is 0 Å². The summed E-state index contributed by atoms with van der Waals surface area (Å²) in [5.74, 6) is 2.07. The third kappa shape index (κ3) is 10.4. The van der Waals surface area contributed by atoms with Crippen molar-refractivity contribution in [1.82, 2.24) is 4.98 Å². The highest BCUT2D eigenvalue weighted by molar-refractivity contribution is 8.00. The van der Waals surface area contributed by atoms with Gasteiger partial charge in [-0.1, -0.05) is 102 Å². The molecule has 37 heavy (non-hydrogen) atoms. The quantitative estimate of drug-likeness (QED) is 0.130. The van der Waals surface area contributed by atoms with Crippen LogP contribution in [0.2, 0.25) is 0 Å². The summed E-state index contributed by atoms with van der Waals surface area (Å²) >= 11 is 3.63. The number of pyridine rings is 1. The molecule has 1 aromatic heterocycles. The first kappa shape index (κ1) is 29.6. The van der Waals surface area contributed by atoms with E-state index in [2.05, 4.69) is 66.6 Å². The fourth-order valence-corrected chi connectivity index (χ4v) is 6.66. The monoisotopic (exact) mass is 536 g/mol. The summed E-state index contributed by atoms with van der Waals surface area (Å²) in [5, 5.41) is 4.39. The largest absolute Gasteiger partial charge is 0.324 e. The third-order valence-corrected chi connectivity index (χ3v) is 9.17. The number of anilines is 1. The first-order valence-corrected chi connectivity index (χ1v) is 16.2. The standard InChI is InChI=1S/C32H44N2OS2/c1-3-5-7-9-10-14-20-30(36-24-15-8-6-4-2)32(35)34-31-27-19-16-23-33-28(27)21-22-29(31)37-25-26-17-12-11-13-18-26/h11-13,16-19,21-23,30H,3-10,14-15,20,24-25H2,1-2H3,(H,34,35). The molecular weight excluding hydrogens is 492 g/mol. The zero-order valence-corrected chi connectivity index (χ0v) is 24.3. The topological polar surface area (TPSA) is 42.0 Å². The molecule has 1 atom stereocenters. The van der Waals surface area contributed by atoms with E-state index in [0.29, 0.717) is 0 Å². The van der Waals surface area contributed by atoms with Gasteiger partial charge in [-0.05, 0) is 48.4 Å². The Morgan fingerprint density at radius 2 is 1.57 bits per heavy atom. The van der Waals surface area contributed by atoms with Crippen LogP contribution >= 0.6 is 23.5 Å². The van der Waals surface area contributed by atoms with Gasteiger partial charge in [-0.25, -0.2) is 0 Å². The number of benzene rings is 2. The molecular formula is C32H44N2OS2. The zero-order chi connectivity index (χ0) is 26.1. The summed E-state index contributed by atoms with van der Waals surface area (Å²) in [5.41, 5.74) is 3.11. The van der Waals surface area contributed by atoms with Gasteiger partial charge in [-0.15, -0.1) is 23.5 Å². The minimum atomic E-state index is -0.00768. The second-order valence-electron chi connectivity index (χ2n) is 9.75. The molecule has 2 aromatic carbocycles. The van der Waals surface area contributed by atoms with E-state index in [1.165, 1.54) is 63.4 Å². The van der Waals surface area contributed by atoms with Crippen LogP contribution in [0.1, 0.15) is 90.0 Å². The predicted octanol–water partition coefficient (Wildman–Crippen LogP) is 9.90. The molecule has 3 rings (SSSR count). The molecule has 3 aromatic rings. The van der Waals surface area contributed by atoms with Crippen LogP contribution in [0.15, 0.2) is 65.7 Å². The van der Waals surface area contributed by atoms with E-state index < -0.39 is 0 Å². The van der Waals surface area contributed by atoms with Crippen molar-refractivity contribution in [3.05, 3.63) is 66.4 Å². The molecule has 0 spiro atoms. The van der Waals surface area contributed by atoms with Gasteiger partial charge in [-0.3, -0.25) is 9.78 Å². The number of fused-ring (bicyclic) bond motifs is 1. The van der Waals surface area contributed by atoms with Gasteiger partial charge in [0.25, 0.3) is 0 Å². The smallest absolute Gasteiger partial charge is 0.237 e. The molecule has 0 fully saturated rings. The van der Waals surface area contributed by atoms with Crippen LogP contribution < -0.4 is 5.32 Å². The first-order chi connectivity index (χ1) is 18.2. The summed E-state index contributed by atoms with van der Waals surface area (Å²) in [7, 11) is 0. The molecule has 1 heterocycles. The summed E-state index contributed by atoms with van der Waals surface area (Å²) in [6.07, 6.45) is 15.2. The highest BCUT2D eigenvalue weighted by Gasteiger charge is 2.21. The van der Waals surface area contributed by atoms with Crippen LogP contribution in [-0.4, -0.2) is 21.9 Å². The fraction of sp³-hybridized carbons (Fsp3) is 0.500. The van der Waals surface area contributed by atoms with Crippen LogP contribution in [-0.2, 0) is 10.5 Å². The van der Waals surface area contributed by atoms with Crippen molar-refractivity contribution in [2.75, 3.05) is 11.1 Å². The van der Waals surface area contributed by atoms with E-state index in [-0.39, 0.29) is 11.2 Å². The lowest BCUT2D eigenvalue weighted by atomic mass is 10.1. The second-order valence-corrected chi connectivity index (χ2v) is 12.1. The molecule has 0 saturated heterocycles. The number of hydrogen-bond acceptors (Lipinski definition) is 4. The number of nitrogens with one attached hydrogen (secondary N) is 1. The maximum absolute atomic E-state index is 13.7. The van der Waals surface area contributed by atoms with Crippen LogP contribution in [0.3, 0.4) is 0 Å². The van der Waals surface area contributed by atoms with E-state index in [1.54, 1.807) is 11.8 Å². The van der Waals surface area contributed by atoms with E-state index >= 15 is 0 Å². The normalized spacial score (nSPS) is 12.1. The van der Waals surface area contributed by atoms with Crippen molar-refractivity contribution in [2.24, 2.45) is 0 Å². The second kappa shape index (κ2) is 17.5. The lowest BCUT2D eigenvalue weighted by Crippen LogP contribution is -2.26. The number of thioether (sulfide) groups is 2. The van der Waals surface area contributed by atoms with Gasteiger partial charge in [0, 0.05) is 22.2 Å². The Morgan fingerprint density at radius 1 is 0.838 bits per heavy atom. The number of rotatable bonds is 18. The Labute approximate surface area is 233 Å². The molecule has 3 nitrogen and oxygen atoms in total. The van der Waals surface area contributed by atoms with E-state index in [9.17, 15) is 4.79 Å². The van der Waals surface area contributed by atoms with Crippen molar-refractivity contribution >= 4 is 46.0 Å². The SMILES string of the molecule is CCCCCCCCC(SCCCCCC)C(=O)Nc1c(SCc2ccccc2)ccc2ncccc12. The first-order valence-electron chi connectivity index (χ1n) is 14.2. The highest BCUT2D eigenvalue weighted by Crippen LogP contribution is 2.36. The average Bonchev–Trinajstić information content (AvgIpc) is 2.93. The average molecular weight is 537 g/mol. The van der Waals surface area contributed by atoms with E-state index in [0.717, 1.165) is 45.8 Å². The van der Waals surface area contributed by atoms with Crippen LogP contribution in [0.4, 0.5) is 5.69 Å². The van der Waals surface area contributed by atoms with Gasteiger partial charge in [0.2, 0.25) is 5.91 Å². The lowest BCUT2D eigenvalue weighted by molar-refractivity contribution is -0.115. The van der Waals surface area contributed by atoms with Crippen LogP contribution in [0.5, 0.6) is 0 Å². The summed E-state index contributed by atoms with van der Waals surface area (Å²) in [4.78, 5) is 19.4. The Balaban J connectivity index is 1.72. The van der Waals surface area contributed by atoms with Gasteiger partial charge < -0.3 is 5.32 Å². The molecule has 200 valence electrons. The summed E-state index contributed by atoms with van der Waals surface area (Å²) < 4.78 is 0. The Kier molecular flexibility index (Phi) is 14.0. The van der Waals surface area contributed by atoms with Gasteiger partial charge in [0.15, 0.2) is 0 Å². The van der Waals surface area contributed by atoms with Crippen molar-refractivity contribution < 1.29 is 4.79 Å². The van der Waals surface area contributed by atoms with Crippen molar-refractivity contribution in [3.8, 4) is 0 Å². The molecule has 1 N–H and O–H groups in total. The third-order valence-electron chi connectivity index (χ3n) is 6.66. The number of aromatic nitrogens is 1. The van der Waals surface area contributed by atoms with Crippen molar-refractivity contribution in [3.63, 3.8) is 0 Å². The molecule has 0 bridgehead atoms. The number of nitrogens with zero attached hydrogens (tertiary/aromatic N) is 1. The minimum Gasteiger partial charge on any atom is -0.324 e. The zero-order valence-electron chi connectivity index (χ0n) is 22.7. The maximum Gasteiger partial charge on any atom is 0.237 e. The molecule has 5 heteroatoms. The lowest BCUT2D eigenvalue weighted by Gasteiger charge is -2.19. The van der Waals surface area contributed by atoms with Crippen LogP contribution in [0, 0.1) is 0 Å². The minimum absolute atomic E-state index is 0.00768. The fourth-order valence-electron chi connectivity index (χ4n) is 4.48. The number of carbonyl (C=O) groups excluding carboxylic acids is 1. The molecule has 1 amide bonds. The Bertz CT molecular complexity index is 1060. The van der Waals surface area contributed by atoms with Crippen molar-refractivity contribution in [2.45, 2.75) is 100 Å². The Hall–Kier alpha value is -1.98. The summed E-state index contributed by atoms with van der Waals surface area (Å²) in [6.45, 7) is 4.50. The maximum atomic E-state index is 13.7. The van der Waals surface area contributed by atoms with Gasteiger partial charge in [0.05, 0.1) is 16.5 Å². The van der Waals surface area contributed by atoms with Gasteiger partial charge in [-0.2, -0.15) is 0 Å². The van der Waals surface area contributed by atoms with Gasteiger partial charge in [0.1, 0.15) is 0 Å². The highest BCUT2D eigenvalue weighted by atomic mass is 32.2. The molecule has 0 radical (unpaired) electrons. The van der Waals surface area contributed by atoms with Gasteiger partial charge >= 0.3 is 0 Å². The van der Waals surface area contributed by atoms with E-state index in [1.807, 2.05) is 30.1 Å². The predicted molar refractivity (Wildman–Crippen MR) is 165 cm³/mol. The Morgan fingerprint density at radius 3 is 2.35 bits per heavy atom. The molecule has 1 unspecified atom stereocenters. The summed E-state index contributed by atoms with van der Waals surface area (Å²) in [6, 6.07) is 18.7. The van der Waals surface area contributed by atoms with Crippen molar-refractivity contribution in [1.29, 1.82) is 0 Å². The number of carbonyl (C=O) groups is 1. The number of hydrogen-bond donors (Lipinski definition) is 1. The number of unbranched alkanes of at least 4 members (excludes halogenated alkanes) is 8. The molecule has 0 saturated carbocycles. The molecule has 0 aliphatic carbocycles. The molecule has 0 aliphatic heterocycles. The van der Waals surface area contributed by atoms with Crippen LogP contribution in [0.25, 0.3) is 10.9 Å².